The Bertz CT molecular complexity index is 1000. The van der Waals surface area contributed by atoms with Crippen molar-refractivity contribution in [2.24, 2.45) is 5.92 Å². The largest absolute Gasteiger partial charge is 0.246 e. The van der Waals surface area contributed by atoms with Gasteiger partial charge in [-0.1, -0.05) is 39.5 Å². The number of hydrogen-bond acceptors (Lipinski definition) is 6. The molecule has 0 aromatic carbocycles. The Morgan fingerprint density at radius 1 is 1.08 bits per heavy atom. The molecule has 4 aromatic rings. The van der Waals surface area contributed by atoms with E-state index in [1.54, 1.807) is 0 Å². The summed E-state index contributed by atoms with van der Waals surface area (Å²) in [4.78, 5) is 7.19. The second-order valence-corrected chi connectivity index (χ2v) is 10.1. The first-order chi connectivity index (χ1) is 12.7. The van der Waals surface area contributed by atoms with Gasteiger partial charge in [0.05, 0.1) is 11.7 Å². The Labute approximate surface area is 174 Å². The van der Waals surface area contributed by atoms with E-state index >= 15 is 0 Å². The molecule has 136 valence electrons. The summed E-state index contributed by atoms with van der Waals surface area (Å²) in [6.07, 6.45) is 8.39. The fourth-order valence-electron chi connectivity index (χ4n) is 3.27. The number of pyridine rings is 1. The zero-order valence-corrected chi connectivity index (χ0v) is 18.8. The Hall–Kier alpha value is -0.890. The van der Waals surface area contributed by atoms with Gasteiger partial charge < -0.3 is 0 Å². The Balaban J connectivity index is 1.62. The average Bonchev–Trinajstić information content (AvgIpc) is 3.33. The number of unbranched alkanes of at least 4 members (excludes halogenated alkanes) is 1. The summed E-state index contributed by atoms with van der Waals surface area (Å²) in [6, 6.07) is 4.69. The molecule has 0 saturated carbocycles. The second-order valence-electron chi connectivity index (χ2n) is 6.60. The standard InChI is InChI=1S/C19H20BrN3S3/c1-3-5-6-11(4-2)7-12-8-15-16(24-12)9-14(25-15)13-10-21-19(20)18-17(13)22-26-23-18/h8-11H,3-7H2,1-2H3. The lowest BCUT2D eigenvalue weighted by molar-refractivity contribution is 0.452. The van der Waals surface area contributed by atoms with Crippen molar-refractivity contribution in [2.45, 2.75) is 46.0 Å². The van der Waals surface area contributed by atoms with E-state index in [-0.39, 0.29) is 0 Å². The minimum Gasteiger partial charge on any atom is -0.246 e. The molecule has 4 heterocycles. The predicted molar refractivity (Wildman–Crippen MR) is 119 cm³/mol. The third-order valence-corrected chi connectivity index (χ3v) is 8.26. The van der Waals surface area contributed by atoms with E-state index < -0.39 is 0 Å². The Morgan fingerprint density at radius 3 is 2.65 bits per heavy atom. The molecule has 0 radical (unpaired) electrons. The molecule has 0 N–H and O–H groups in total. The molecule has 0 saturated heterocycles. The van der Waals surface area contributed by atoms with Crippen LogP contribution in [0.25, 0.3) is 30.9 Å². The van der Waals surface area contributed by atoms with Gasteiger partial charge in [-0.25, -0.2) is 4.98 Å². The highest BCUT2D eigenvalue weighted by Crippen LogP contribution is 2.41. The molecular weight excluding hydrogens is 446 g/mol. The average molecular weight is 466 g/mol. The van der Waals surface area contributed by atoms with Crippen molar-refractivity contribution in [2.75, 3.05) is 0 Å². The third kappa shape index (κ3) is 3.59. The summed E-state index contributed by atoms with van der Waals surface area (Å²) in [7, 11) is 0. The third-order valence-electron chi connectivity index (χ3n) is 4.80. The molecule has 4 aromatic heterocycles. The van der Waals surface area contributed by atoms with Crippen molar-refractivity contribution in [1.29, 1.82) is 0 Å². The second kappa shape index (κ2) is 8.00. The summed E-state index contributed by atoms with van der Waals surface area (Å²) < 4.78 is 12.4. The van der Waals surface area contributed by atoms with Gasteiger partial charge in [0.2, 0.25) is 0 Å². The minimum absolute atomic E-state index is 0.767. The zero-order chi connectivity index (χ0) is 18.1. The van der Waals surface area contributed by atoms with Crippen LogP contribution in [0, 0.1) is 5.92 Å². The van der Waals surface area contributed by atoms with E-state index in [0.717, 1.165) is 27.1 Å². The Morgan fingerprint density at radius 2 is 1.88 bits per heavy atom. The molecular formula is C19H20BrN3S3. The van der Waals surface area contributed by atoms with Crippen LogP contribution >= 0.6 is 50.3 Å². The molecule has 7 heteroatoms. The van der Waals surface area contributed by atoms with E-state index in [4.69, 9.17) is 0 Å². The molecule has 0 aliphatic heterocycles. The SMILES string of the molecule is CCCCC(CC)Cc1cc2sc(-c3cnc(Br)c4nsnc34)cc2s1. The molecule has 26 heavy (non-hydrogen) atoms. The van der Waals surface area contributed by atoms with Crippen LogP contribution in [0.4, 0.5) is 0 Å². The fourth-order valence-corrected chi connectivity index (χ4v) is 6.88. The molecule has 1 unspecified atom stereocenters. The highest BCUT2D eigenvalue weighted by molar-refractivity contribution is 9.10. The van der Waals surface area contributed by atoms with E-state index in [1.165, 1.54) is 63.0 Å². The highest BCUT2D eigenvalue weighted by Gasteiger charge is 2.16. The van der Waals surface area contributed by atoms with Gasteiger partial charge in [-0.15, -0.1) is 22.7 Å². The van der Waals surface area contributed by atoms with Crippen molar-refractivity contribution in [3.8, 4) is 10.4 Å². The van der Waals surface area contributed by atoms with E-state index in [0.29, 0.717) is 0 Å². The lowest BCUT2D eigenvalue weighted by Crippen LogP contribution is -2.01. The van der Waals surface area contributed by atoms with Crippen LogP contribution in [-0.4, -0.2) is 13.7 Å². The van der Waals surface area contributed by atoms with Crippen molar-refractivity contribution in [3.05, 3.63) is 27.8 Å². The van der Waals surface area contributed by atoms with E-state index in [9.17, 15) is 0 Å². The lowest BCUT2D eigenvalue weighted by Gasteiger charge is -2.12. The number of fused-ring (bicyclic) bond motifs is 2. The summed E-state index contributed by atoms with van der Waals surface area (Å²) in [5.41, 5.74) is 2.88. The van der Waals surface area contributed by atoms with Crippen LogP contribution in [0.1, 0.15) is 44.4 Å². The van der Waals surface area contributed by atoms with E-state index in [2.05, 4.69) is 55.6 Å². The smallest absolute Gasteiger partial charge is 0.138 e. The maximum absolute atomic E-state index is 4.48. The van der Waals surface area contributed by atoms with Gasteiger partial charge in [-0.05, 0) is 40.4 Å². The van der Waals surface area contributed by atoms with Gasteiger partial charge >= 0.3 is 0 Å². The van der Waals surface area contributed by atoms with Crippen molar-refractivity contribution in [3.63, 3.8) is 0 Å². The van der Waals surface area contributed by atoms with Crippen molar-refractivity contribution in [1.82, 2.24) is 13.7 Å². The van der Waals surface area contributed by atoms with Gasteiger partial charge in [-0.3, -0.25) is 0 Å². The van der Waals surface area contributed by atoms with Gasteiger partial charge in [0.25, 0.3) is 0 Å². The summed E-state index contributed by atoms with van der Waals surface area (Å²) in [6.45, 7) is 4.60. The summed E-state index contributed by atoms with van der Waals surface area (Å²) >= 11 is 8.49. The number of hydrogen-bond donors (Lipinski definition) is 0. The number of rotatable bonds is 7. The van der Waals surface area contributed by atoms with Crippen molar-refractivity contribution >= 4 is 70.8 Å². The van der Waals surface area contributed by atoms with Gasteiger partial charge in [0.15, 0.2) is 0 Å². The normalized spacial score (nSPS) is 13.0. The Kier molecular flexibility index (Phi) is 5.69. The zero-order valence-electron chi connectivity index (χ0n) is 14.8. The van der Waals surface area contributed by atoms with Crippen LogP contribution in [0.3, 0.4) is 0 Å². The topological polar surface area (TPSA) is 38.7 Å². The van der Waals surface area contributed by atoms with Crippen molar-refractivity contribution < 1.29 is 0 Å². The molecule has 3 nitrogen and oxygen atoms in total. The van der Waals surface area contributed by atoms with Crippen LogP contribution < -0.4 is 0 Å². The number of thiophene rings is 2. The predicted octanol–water partition coefficient (Wildman–Crippen LogP) is 7.55. The maximum Gasteiger partial charge on any atom is 0.138 e. The molecule has 0 spiro atoms. The highest BCUT2D eigenvalue weighted by atomic mass is 79.9. The molecule has 0 fully saturated rings. The van der Waals surface area contributed by atoms with Gasteiger partial charge in [0, 0.05) is 30.9 Å². The molecule has 4 rings (SSSR count). The quantitative estimate of drug-likeness (QED) is 0.264. The molecule has 0 aliphatic carbocycles. The minimum atomic E-state index is 0.767. The van der Waals surface area contributed by atoms with Gasteiger partial charge in [-0.2, -0.15) is 8.75 Å². The molecule has 1 atom stereocenters. The number of halogens is 1. The fraction of sp³-hybridized carbons (Fsp3) is 0.421. The first-order valence-corrected chi connectivity index (χ1v) is 12.1. The van der Waals surface area contributed by atoms with Gasteiger partial charge in [0.1, 0.15) is 15.6 Å². The first-order valence-electron chi connectivity index (χ1n) is 8.99. The monoisotopic (exact) mass is 465 g/mol. The van der Waals surface area contributed by atoms with E-state index in [1.807, 2.05) is 28.9 Å². The molecule has 0 amide bonds. The number of aromatic nitrogens is 3. The van der Waals surface area contributed by atoms with Crippen LogP contribution in [0.5, 0.6) is 0 Å². The van der Waals surface area contributed by atoms with Crippen LogP contribution in [0.2, 0.25) is 0 Å². The van der Waals surface area contributed by atoms with Crippen LogP contribution in [0.15, 0.2) is 22.9 Å². The first kappa shape index (κ1) is 18.5. The summed E-state index contributed by atoms with van der Waals surface area (Å²) in [5.74, 6) is 0.818. The molecule has 0 bridgehead atoms. The number of nitrogens with zero attached hydrogens (tertiary/aromatic N) is 3. The lowest BCUT2D eigenvalue weighted by atomic mass is 9.95. The summed E-state index contributed by atoms with van der Waals surface area (Å²) in [5, 5.41) is 0. The van der Waals surface area contributed by atoms with Crippen LogP contribution in [-0.2, 0) is 6.42 Å². The molecule has 0 aliphatic rings. The maximum atomic E-state index is 4.48.